The maximum absolute atomic E-state index is 14.9. The normalized spacial score (nSPS) is 25.4. The van der Waals surface area contributed by atoms with Gasteiger partial charge >= 0.3 is 6.18 Å². The molecule has 30 heavy (non-hydrogen) atoms. The van der Waals surface area contributed by atoms with E-state index in [9.17, 15) is 22.4 Å². The van der Waals surface area contributed by atoms with Crippen molar-refractivity contribution in [2.24, 2.45) is 5.92 Å². The summed E-state index contributed by atoms with van der Waals surface area (Å²) in [5, 5.41) is 3.16. The molecule has 1 amide bonds. The number of benzene rings is 1. The monoisotopic (exact) mass is 424 g/mol. The third kappa shape index (κ3) is 4.08. The lowest BCUT2D eigenvalue weighted by Gasteiger charge is -2.39. The number of nitrogens with zero attached hydrogens (tertiary/aromatic N) is 1. The second-order valence-electron chi connectivity index (χ2n) is 9.09. The third-order valence-electron chi connectivity index (χ3n) is 6.73. The van der Waals surface area contributed by atoms with Crippen LogP contribution in [0.25, 0.3) is 5.70 Å². The minimum absolute atomic E-state index is 0.0836. The molecule has 0 aromatic heterocycles. The second kappa shape index (κ2) is 7.89. The number of halogens is 4. The molecule has 1 aliphatic heterocycles. The fourth-order valence-corrected chi connectivity index (χ4v) is 4.65. The number of rotatable bonds is 5. The SMILES string of the molecule is CC1(C(=O)NC2CCCCC2)CC=C(c2cccc(C(F)(F)F)c2F)N1CC1CC1. The largest absolute Gasteiger partial charge is 0.419 e. The maximum atomic E-state index is 14.9. The fourth-order valence-electron chi connectivity index (χ4n) is 4.65. The van der Waals surface area contributed by atoms with Crippen molar-refractivity contribution in [2.75, 3.05) is 6.54 Å². The zero-order valence-corrected chi connectivity index (χ0v) is 17.2. The molecule has 0 radical (unpaired) electrons. The molecule has 3 aliphatic rings. The molecule has 164 valence electrons. The van der Waals surface area contributed by atoms with Gasteiger partial charge < -0.3 is 10.2 Å². The molecular formula is C23H28F4N2O. The number of nitrogens with one attached hydrogen (secondary N) is 1. The van der Waals surface area contributed by atoms with Crippen molar-refractivity contribution >= 4 is 11.6 Å². The van der Waals surface area contributed by atoms with E-state index >= 15 is 0 Å². The van der Waals surface area contributed by atoms with Crippen LogP contribution in [0.5, 0.6) is 0 Å². The summed E-state index contributed by atoms with van der Waals surface area (Å²) in [6.07, 6.45) is 4.62. The zero-order valence-electron chi connectivity index (χ0n) is 17.2. The Bertz CT molecular complexity index is 840. The molecule has 1 atom stereocenters. The summed E-state index contributed by atoms with van der Waals surface area (Å²) < 4.78 is 54.6. The van der Waals surface area contributed by atoms with Crippen LogP contribution >= 0.6 is 0 Å². The second-order valence-corrected chi connectivity index (χ2v) is 9.09. The quantitative estimate of drug-likeness (QED) is 0.633. The Kier molecular flexibility index (Phi) is 5.58. The number of carbonyl (C=O) groups excluding carboxylic acids is 1. The van der Waals surface area contributed by atoms with Crippen LogP contribution in [0.2, 0.25) is 0 Å². The van der Waals surface area contributed by atoms with Gasteiger partial charge in [-0.1, -0.05) is 31.4 Å². The highest BCUT2D eigenvalue weighted by molar-refractivity contribution is 5.90. The van der Waals surface area contributed by atoms with Crippen molar-refractivity contribution in [1.82, 2.24) is 10.2 Å². The van der Waals surface area contributed by atoms with Crippen molar-refractivity contribution < 1.29 is 22.4 Å². The minimum atomic E-state index is -4.76. The summed E-state index contributed by atoms with van der Waals surface area (Å²) in [5.41, 5.74) is -1.88. The first-order valence-corrected chi connectivity index (χ1v) is 10.8. The van der Waals surface area contributed by atoms with Crippen molar-refractivity contribution in [2.45, 2.75) is 76.0 Å². The third-order valence-corrected chi connectivity index (χ3v) is 6.73. The van der Waals surface area contributed by atoms with Crippen LogP contribution in [0.15, 0.2) is 24.3 Å². The fraction of sp³-hybridized carbons (Fsp3) is 0.609. The van der Waals surface area contributed by atoms with E-state index in [4.69, 9.17) is 0 Å². The predicted molar refractivity (Wildman–Crippen MR) is 107 cm³/mol. The molecule has 0 bridgehead atoms. The summed E-state index contributed by atoms with van der Waals surface area (Å²) in [7, 11) is 0. The number of hydrogen-bond donors (Lipinski definition) is 1. The molecule has 1 heterocycles. The van der Waals surface area contributed by atoms with Gasteiger partial charge in [0.1, 0.15) is 11.4 Å². The average molecular weight is 424 g/mol. The lowest BCUT2D eigenvalue weighted by atomic mass is 9.92. The van der Waals surface area contributed by atoms with Gasteiger partial charge in [-0.2, -0.15) is 13.2 Å². The Hall–Kier alpha value is -2.05. The van der Waals surface area contributed by atoms with E-state index < -0.39 is 23.1 Å². The molecule has 4 rings (SSSR count). The van der Waals surface area contributed by atoms with Crippen molar-refractivity contribution in [3.8, 4) is 0 Å². The molecule has 1 N–H and O–H groups in total. The van der Waals surface area contributed by atoms with Crippen molar-refractivity contribution in [1.29, 1.82) is 0 Å². The Morgan fingerprint density at radius 3 is 2.50 bits per heavy atom. The number of amides is 1. The van der Waals surface area contributed by atoms with Crippen LogP contribution in [0, 0.1) is 11.7 Å². The molecule has 0 saturated heterocycles. The molecular weight excluding hydrogens is 396 g/mol. The van der Waals surface area contributed by atoms with Gasteiger partial charge in [0.05, 0.1) is 5.56 Å². The standard InChI is InChI=1S/C23H28F4N2O/c1-22(21(30)28-16-6-3-2-4-7-16)13-12-19(29(22)14-15-10-11-15)17-8-5-9-18(20(17)24)23(25,26)27/h5,8-9,12,15-16H,2-4,6-7,10-11,13-14H2,1H3,(H,28,30). The Balaban J connectivity index is 1.62. The highest BCUT2D eigenvalue weighted by atomic mass is 19.4. The summed E-state index contributed by atoms with van der Waals surface area (Å²) in [4.78, 5) is 15.1. The molecule has 2 fully saturated rings. The molecule has 2 aliphatic carbocycles. The van der Waals surface area contributed by atoms with E-state index in [0.717, 1.165) is 44.6 Å². The Morgan fingerprint density at radius 2 is 1.87 bits per heavy atom. The highest BCUT2D eigenvalue weighted by Crippen LogP contribution is 2.44. The van der Waals surface area contributed by atoms with Gasteiger partial charge in [0, 0.05) is 23.8 Å². The Labute approximate surface area is 174 Å². The lowest BCUT2D eigenvalue weighted by molar-refractivity contribution is -0.140. The lowest BCUT2D eigenvalue weighted by Crippen LogP contribution is -2.56. The number of alkyl halides is 3. The van der Waals surface area contributed by atoms with Crippen molar-refractivity contribution in [3.05, 3.63) is 41.2 Å². The zero-order chi connectivity index (χ0) is 21.5. The van der Waals surface area contributed by atoms with Crippen LogP contribution in [0.1, 0.15) is 69.4 Å². The van der Waals surface area contributed by atoms with E-state index in [-0.39, 0.29) is 17.5 Å². The van der Waals surface area contributed by atoms with Crippen LogP contribution in [-0.2, 0) is 11.0 Å². The van der Waals surface area contributed by atoms with E-state index in [2.05, 4.69) is 5.32 Å². The van der Waals surface area contributed by atoms with Crippen molar-refractivity contribution in [3.63, 3.8) is 0 Å². The molecule has 2 saturated carbocycles. The molecule has 1 aromatic carbocycles. The van der Waals surface area contributed by atoms with Gasteiger partial charge in [-0.25, -0.2) is 4.39 Å². The number of hydrogen-bond acceptors (Lipinski definition) is 2. The molecule has 3 nitrogen and oxygen atoms in total. The van der Waals surface area contributed by atoms with E-state index in [1.54, 1.807) is 6.08 Å². The summed E-state index contributed by atoms with van der Waals surface area (Å²) in [6, 6.07) is 3.50. The first-order valence-electron chi connectivity index (χ1n) is 10.8. The molecule has 0 spiro atoms. The average Bonchev–Trinajstić information content (AvgIpc) is 3.46. The van der Waals surface area contributed by atoms with E-state index in [1.165, 1.54) is 18.6 Å². The van der Waals surface area contributed by atoms with E-state index in [0.29, 0.717) is 24.6 Å². The molecule has 7 heteroatoms. The highest BCUT2D eigenvalue weighted by Gasteiger charge is 2.47. The first-order chi connectivity index (χ1) is 14.2. The topological polar surface area (TPSA) is 32.3 Å². The van der Waals surface area contributed by atoms with E-state index in [1.807, 2.05) is 11.8 Å². The molecule has 1 unspecified atom stereocenters. The summed E-state index contributed by atoms with van der Waals surface area (Å²) in [6.45, 7) is 2.37. The summed E-state index contributed by atoms with van der Waals surface area (Å²) >= 11 is 0. The van der Waals surface area contributed by atoms with Gasteiger partial charge in [0.2, 0.25) is 5.91 Å². The van der Waals surface area contributed by atoms with Gasteiger partial charge in [-0.05, 0) is 57.1 Å². The minimum Gasteiger partial charge on any atom is -0.356 e. The maximum Gasteiger partial charge on any atom is 0.419 e. The van der Waals surface area contributed by atoms with Crippen LogP contribution < -0.4 is 5.32 Å². The van der Waals surface area contributed by atoms with Crippen LogP contribution in [-0.4, -0.2) is 28.9 Å². The van der Waals surface area contributed by atoms with Crippen LogP contribution in [0.4, 0.5) is 17.6 Å². The van der Waals surface area contributed by atoms with Gasteiger partial charge in [0.25, 0.3) is 0 Å². The molecule has 1 aromatic rings. The Morgan fingerprint density at radius 1 is 1.17 bits per heavy atom. The smallest absolute Gasteiger partial charge is 0.356 e. The van der Waals surface area contributed by atoms with Gasteiger partial charge in [-0.3, -0.25) is 4.79 Å². The predicted octanol–water partition coefficient (Wildman–Crippen LogP) is 5.51. The number of carbonyl (C=O) groups is 1. The van der Waals surface area contributed by atoms with Gasteiger partial charge in [-0.15, -0.1) is 0 Å². The summed E-state index contributed by atoms with van der Waals surface area (Å²) in [5.74, 6) is -0.996. The first kappa shape index (κ1) is 21.2. The van der Waals surface area contributed by atoms with Gasteiger partial charge in [0.15, 0.2) is 0 Å². The van der Waals surface area contributed by atoms with Crippen LogP contribution in [0.3, 0.4) is 0 Å².